The van der Waals surface area contributed by atoms with Gasteiger partial charge in [-0.2, -0.15) is 0 Å². The van der Waals surface area contributed by atoms with Gasteiger partial charge < -0.3 is 14.8 Å². The number of anilines is 1. The number of nitrogens with one attached hydrogen (secondary N) is 1. The molecule has 0 amide bonds. The van der Waals surface area contributed by atoms with E-state index in [0.29, 0.717) is 5.02 Å². The van der Waals surface area contributed by atoms with Crippen LogP contribution in [-0.4, -0.2) is 25.2 Å². The van der Waals surface area contributed by atoms with Gasteiger partial charge in [-0.05, 0) is 59.2 Å². The first-order valence-electron chi connectivity index (χ1n) is 9.92. The fourth-order valence-corrected chi connectivity index (χ4v) is 4.64. The molecule has 1 atom stereocenters. The number of nitrogens with zero attached hydrogens (tertiary/aromatic N) is 1. The molecule has 0 saturated carbocycles. The Hall–Kier alpha value is -2.12. The third-order valence-electron chi connectivity index (χ3n) is 4.78. The van der Waals surface area contributed by atoms with Crippen LogP contribution in [0.4, 0.5) is 5.13 Å². The van der Waals surface area contributed by atoms with E-state index in [9.17, 15) is 0 Å². The zero-order valence-corrected chi connectivity index (χ0v) is 20.1. The van der Waals surface area contributed by atoms with Crippen molar-refractivity contribution in [2.24, 2.45) is 0 Å². The molecule has 0 spiro atoms. The molecule has 0 radical (unpaired) electrons. The number of hydrogen-bond acceptors (Lipinski definition) is 5. The monoisotopic (exact) mass is 516 g/mol. The summed E-state index contributed by atoms with van der Waals surface area (Å²) in [5.41, 5.74) is 1.02. The van der Waals surface area contributed by atoms with E-state index in [1.165, 1.54) is 0 Å². The Morgan fingerprint density at radius 3 is 2.65 bits per heavy atom. The maximum atomic E-state index is 6.49. The van der Waals surface area contributed by atoms with E-state index < -0.39 is 0 Å². The first-order valence-corrected chi connectivity index (χ1v) is 11.9. The van der Waals surface area contributed by atoms with E-state index in [1.54, 1.807) is 18.4 Å². The SMILES string of the molecule is COCCCNc1ncc(C(Oc2ccc3cc(Br)ccc3c2)c2ccc(Cl)cc2)s1. The number of halogens is 2. The van der Waals surface area contributed by atoms with E-state index >= 15 is 0 Å². The molecule has 7 heteroatoms. The number of hydrogen-bond donors (Lipinski definition) is 1. The van der Waals surface area contributed by atoms with Gasteiger partial charge in [-0.15, -0.1) is 0 Å². The minimum atomic E-state index is -0.280. The molecule has 0 saturated heterocycles. The largest absolute Gasteiger partial charge is 0.480 e. The molecule has 3 aromatic carbocycles. The molecule has 1 unspecified atom stereocenters. The molecule has 31 heavy (non-hydrogen) atoms. The van der Waals surface area contributed by atoms with Crippen molar-refractivity contribution in [1.82, 2.24) is 4.98 Å². The van der Waals surface area contributed by atoms with Gasteiger partial charge in [0, 0.05) is 36.0 Å². The second-order valence-corrected chi connectivity index (χ2v) is 9.46. The van der Waals surface area contributed by atoms with E-state index in [1.807, 2.05) is 42.6 Å². The van der Waals surface area contributed by atoms with Crippen LogP contribution in [0.1, 0.15) is 23.0 Å². The van der Waals surface area contributed by atoms with Gasteiger partial charge in [-0.25, -0.2) is 4.98 Å². The van der Waals surface area contributed by atoms with Gasteiger partial charge in [0.1, 0.15) is 5.75 Å². The third kappa shape index (κ3) is 5.77. The van der Waals surface area contributed by atoms with Crippen LogP contribution in [0.3, 0.4) is 0 Å². The average Bonchev–Trinajstić information content (AvgIpc) is 3.24. The van der Waals surface area contributed by atoms with Crippen LogP contribution in [0.15, 0.2) is 71.3 Å². The lowest BCUT2D eigenvalue weighted by Gasteiger charge is -2.19. The normalized spacial score (nSPS) is 12.1. The fourth-order valence-electron chi connectivity index (χ4n) is 3.23. The van der Waals surface area contributed by atoms with Crippen molar-refractivity contribution < 1.29 is 9.47 Å². The molecule has 1 aromatic heterocycles. The second kappa shape index (κ2) is 10.5. The molecule has 1 N–H and O–H groups in total. The minimum Gasteiger partial charge on any atom is -0.480 e. The lowest BCUT2D eigenvalue weighted by Crippen LogP contribution is -2.08. The second-order valence-electron chi connectivity index (χ2n) is 7.04. The Balaban J connectivity index is 1.60. The van der Waals surface area contributed by atoms with Gasteiger partial charge in [0.15, 0.2) is 11.2 Å². The van der Waals surface area contributed by atoms with Crippen LogP contribution in [0.25, 0.3) is 10.8 Å². The van der Waals surface area contributed by atoms with Crippen LogP contribution in [0, 0.1) is 0 Å². The standard InChI is InChI=1S/C24H22BrClN2O2S/c1-29-12-2-11-27-24-28-15-22(31-24)23(16-4-8-20(26)9-5-16)30-21-10-6-17-13-19(25)7-3-18(17)14-21/h3-10,13-15,23H,2,11-12H2,1H3,(H,27,28). The fraction of sp³-hybridized carbons (Fsp3) is 0.208. The number of rotatable bonds is 9. The molecule has 1 heterocycles. The summed E-state index contributed by atoms with van der Waals surface area (Å²) in [6, 6.07) is 20.1. The molecule has 4 nitrogen and oxygen atoms in total. The Morgan fingerprint density at radius 1 is 1.06 bits per heavy atom. The van der Waals surface area contributed by atoms with Crippen molar-refractivity contribution in [1.29, 1.82) is 0 Å². The van der Waals surface area contributed by atoms with Gasteiger partial charge in [0.25, 0.3) is 0 Å². The van der Waals surface area contributed by atoms with Crippen molar-refractivity contribution in [3.63, 3.8) is 0 Å². The summed E-state index contributed by atoms with van der Waals surface area (Å²) in [5.74, 6) is 0.803. The smallest absolute Gasteiger partial charge is 0.183 e. The molecule has 0 aliphatic carbocycles. The first kappa shape index (κ1) is 22.1. The number of thiazole rings is 1. The predicted octanol–water partition coefficient (Wildman–Crippen LogP) is 7.33. The van der Waals surface area contributed by atoms with Gasteiger partial charge in [0.2, 0.25) is 0 Å². The lowest BCUT2D eigenvalue weighted by atomic mass is 10.1. The van der Waals surface area contributed by atoms with Crippen molar-refractivity contribution in [3.8, 4) is 5.75 Å². The molecule has 0 fully saturated rings. The molecule has 4 rings (SSSR count). The molecule has 0 bridgehead atoms. The van der Waals surface area contributed by atoms with E-state index in [0.717, 1.165) is 56.1 Å². The van der Waals surface area contributed by atoms with E-state index in [4.69, 9.17) is 21.1 Å². The van der Waals surface area contributed by atoms with Gasteiger partial charge in [-0.1, -0.05) is 63.1 Å². The molecular formula is C24H22BrClN2O2S. The quantitative estimate of drug-likeness (QED) is 0.236. The van der Waals surface area contributed by atoms with E-state index in [-0.39, 0.29) is 6.10 Å². The molecule has 0 aliphatic rings. The number of methoxy groups -OCH3 is 1. The number of fused-ring (bicyclic) bond motifs is 1. The highest BCUT2D eigenvalue weighted by molar-refractivity contribution is 9.10. The number of aromatic nitrogens is 1. The highest BCUT2D eigenvalue weighted by Gasteiger charge is 2.20. The van der Waals surface area contributed by atoms with Crippen molar-refractivity contribution in [3.05, 3.63) is 86.8 Å². The van der Waals surface area contributed by atoms with E-state index in [2.05, 4.69) is 50.5 Å². The Bertz CT molecular complexity index is 1150. The average molecular weight is 518 g/mol. The summed E-state index contributed by atoms with van der Waals surface area (Å²) in [4.78, 5) is 5.56. The van der Waals surface area contributed by atoms with Crippen LogP contribution in [0.2, 0.25) is 5.02 Å². The zero-order valence-electron chi connectivity index (χ0n) is 17.0. The zero-order chi connectivity index (χ0) is 21.6. The van der Waals surface area contributed by atoms with Gasteiger partial charge in [-0.3, -0.25) is 0 Å². The minimum absolute atomic E-state index is 0.280. The highest BCUT2D eigenvalue weighted by Crippen LogP contribution is 2.35. The summed E-state index contributed by atoms with van der Waals surface area (Å²) in [6.07, 6.45) is 2.52. The first-order chi connectivity index (χ1) is 15.1. The maximum absolute atomic E-state index is 6.49. The number of benzene rings is 3. The summed E-state index contributed by atoms with van der Waals surface area (Å²) in [7, 11) is 1.71. The number of ether oxygens (including phenoxy) is 2. The summed E-state index contributed by atoms with van der Waals surface area (Å²) >= 11 is 11.2. The van der Waals surface area contributed by atoms with Crippen LogP contribution < -0.4 is 10.1 Å². The van der Waals surface area contributed by atoms with Gasteiger partial charge in [0.05, 0.1) is 4.88 Å². The Kier molecular flexibility index (Phi) is 7.45. The summed E-state index contributed by atoms with van der Waals surface area (Å²) in [5, 5.41) is 7.21. The highest BCUT2D eigenvalue weighted by atomic mass is 79.9. The van der Waals surface area contributed by atoms with Crippen molar-refractivity contribution in [2.75, 3.05) is 25.6 Å². The molecule has 0 aliphatic heterocycles. The predicted molar refractivity (Wildman–Crippen MR) is 133 cm³/mol. The van der Waals surface area contributed by atoms with Crippen molar-refractivity contribution in [2.45, 2.75) is 12.5 Å². The topological polar surface area (TPSA) is 43.4 Å². The molecule has 4 aromatic rings. The Morgan fingerprint density at radius 2 is 1.84 bits per heavy atom. The van der Waals surface area contributed by atoms with Gasteiger partial charge >= 0.3 is 0 Å². The lowest BCUT2D eigenvalue weighted by molar-refractivity contribution is 0.198. The molecule has 160 valence electrons. The molecular weight excluding hydrogens is 496 g/mol. The van der Waals surface area contributed by atoms with Crippen LogP contribution in [0.5, 0.6) is 5.75 Å². The Labute approximate surface area is 199 Å². The summed E-state index contributed by atoms with van der Waals surface area (Å²) < 4.78 is 12.7. The summed E-state index contributed by atoms with van der Waals surface area (Å²) in [6.45, 7) is 1.54. The van der Waals surface area contributed by atoms with Crippen LogP contribution >= 0.6 is 38.9 Å². The van der Waals surface area contributed by atoms with Crippen molar-refractivity contribution >= 4 is 54.8 Å². The van der Waals surface area contributed by atoms with Crippen LogP contribution in [-0.2, 0) is 4.74 Å². The maximum Gasteiger partial charge on any atom is 0.183 e. The third-order valence-corrected chi connectivity index (χ3v) is 6.53.